The fourth-order valence-corrected chi connectivity index (χ4v) is 2.59. The lowest BCUT2D eigenvalue weighted by atomic mass is 9.92. The van der Waals surface area contributed by atoms with E-state index >= 15 is 0 Å². The first-order chi connectivity index (χ1) is 7.56. The Labute approximate surface area is 96.6 Å². The van der Waals surface area contributed by atoms with Gasteiger partial charge in [0.1, 0.15) is 0 Å². The highest BCUT2D eigenvalue weighted by Crippen LogP contribution is 2.29. The molecule has 1 aromatic rings. The Morgan fingerprint density at radius 1 is 1.25 bits per heavy atom. The predicted octanol–water partition coefficient (Wildman–Crippen LogP) is 1.73. The summed E-state index contributed by atoms with van der Waals surface area (Å²) in [5.74, 6) is 2.28. The lowest BCUT2D eigenvalue weighted by Gasteiger charge is -2.36. The molecule has 0 bridgehead atoms. The van der Waals surface area contributed by atoms with Crippen molar-refractivity contribution in [2.45, 2.75) is 20.3 Å². The predicted molar refractivity (Wildman–Crippen MR) is 68.2 cm³/mol. The summed E-state index contributed by atoms with van der Waals surface area (Å²) in [6.07, 6.45) is 2.96. The third-order valence-electron chi connectivity index (χ3n) is 3.08. The smallest absolute Gasteiger partial charge is 0.151 e. The highest BCUT2D eigenvalue weighted by molar-refractivity contribution is 5.67. The number of hydrogen-bond donors (Lipinski definition) is 2. The number of nitrogen functional groups attached to an aromatic ring is 2. The molecule has 2 atom stereocenters. The van der Waals surface area contributed by atoms with E-state index < -0.39 is 0 Å². The third-order valence-corrected chi connectivity index (χ3v) is 3.08. The zero-order valence-corrected chi connectivity index (χ0v) is 9.98. The number of nitrogens with two attached hydrogens (primary N) is 2. The van der Waals surface area contributed by atoms with E-state index in [2.05, 4.69) is 23.7 Å². The molecular formula is C12H20N4. The van der Waals surface area contributed by atoms with Gasteiger partial charge in [0.2, 0.25) is 0 Å². The van der Waals surface area contributed by atoms with Crippen molar-refractivity contribution in [2.75, 3.05) is 29.5 Å². The molecular weight excluding hydrogens is 200 g/mol. The van der Waals surface area contributed by atoms with E-state index in [1.165, 1.54) is 6.42 Å². The third kappa shape index (κ3) is 2.21. The summed E-state index contributed by atoms with van der Waals surface area (Å²) in [7, 11) is 0. The van der Waals surface area contributed by atoms with E-state index in [-0.39, 0.29) is 0 Å². The van der Waals surface area contributed by atoms with Gasteiger partial charge in [0.05, 0.1) is 17.6 Å². The lowest BCUT2D eigenvalue weighted by molar-refractivity contribution is 0.355. The van der Waals surface area contributed by atoms with Crippen LogP contribution >= 0.6 is 0 Å². The minimum atomic E-state index is 0.624. The fraction of sp³-hybridized carbons (Fsp3) is 0.583. The van der Waals surface area contributed by atoms with Crippen LogP contribution in [-0.2, 0) is 0 Å². The summed E-state index contributed by atoms with van der Waals surface area (Å²) in [6.45, 7) is 6.61. The van der Waals surface area contributed by atoms with Gasteiger partial charge in [0, 0.05) is 13.1 Å². The van der Waals surface area contributed by atoms with Crippen molar-refractivity contribution in [3.8, 4) is 0 Å². The van der Waals surface area contributed by atoms with Crippen LogP contribution < -0.4 is 16.4 Å². The number of nitrogens with zero attached hydrogens (tertiary/aromatic N) is 2. The quantitative estimate of drug-likeness (QED) is 0.756. The standard InChI is InChI=1S/C12H20N4/c1-8-3-9(2)7-16(6-8)12-11(14)4-10(13)5-15-12/h4-5,8-9H,3,6-7,13-14H2,1-2H3/t8-,9-/m0/s1. The Morgan fingerprint density at radius 2 is 1.88 bits per heavy atom. The Balaban J connectivity index is 2.23. The molecule has 1 saturated heterocycles. The number of rotatable bonds is 1. The molecule has 4 nitrogen and oxygen atoms in total. The number of piperidine rings is 1. The van der Waals surface area contributed by atoms with Gasteiger partial charge >= 0.3 is 0 Å². The molecule has 16 heavy (non-hydrogen) atoms. The molecule has 0 spiro atoms. The summed E-state index contributed by atoms with van der Waals surface area (Å²) >= 11 is 0. The summed E-state index contributed by atoms with van der Waals surface area (Å²) < 4.78 is 0. The molecule has 4 heteroatoms. The van der Waals surface area contributed by atoms with Crippen molar-refractivity contribution < 1.29 is 0 Å². The monoisotopic (exact) mass is 220 g/mol. The van der Waals surface area contributed by atoms with Crippen LogP contribution in [0, 0.1) is 11.8 Å². The van der Waals surface area contributed by atoms with Gasteiger partial charge in [-0.1, -0.05) is 13.8 Å². The van der Waals surface area contributed by atoms with Gasteiger partial charge in [-0.05, 0) is 24.3 Å². The first-order valence-corrected chi connectivity index (χ1v) is 5.82. The first kappa shape index (κ1) is 11.0. The van der Waals surface area contributed by atoms with Gasteiger partial charge in [-0.2, -0.15) is 0 Å². The van der Waals surface area contributed by atoms with Crippen molar-refractivity contribution in [2.24, 2.45) is 11.8 Å². The molecule has 1 fully saturated rings. The Bertz CT molecular complexity index is 367. The van der Waals surface area contributed by atoms with Gasteiger partial charge in [0.25, 0.3) is 0 Å². The van der Waals surface area contributed by atoms with Gasteiger partial charge in [-0.25, -0.2) is 4.98 Å². The minimum Gasteiger partial charge on any atom is -0.397 e. The number of anilines is 3. The van der Waals surface area contributed by atoms with Crippen LogP contribution in [0.25, 0.3) is 0 Å². The Hall–Kier alpha value is -1.45. The summed E-state index contributed by atoms with van der Waals surface area (Å²) in [6, 6.07) is 1.78. The summed E-state index contributed by atoms with van der Waals surface area (Å²) in [4.78, 5) is 6.62. The van der Waals surface area contributed by atoms with E-state index in [9.17, 15) is 0 Å². The van der Waals surface area contributed by atoms with Crippen LogP contribution in [0.3, 0.4) is 0 Å². The lowest BCUT2D eigenvalue weighted by Crippen LogP contribution is -2.39. The zero-order chi connectivity index (χ0) is 11.7. The maximum Gasteiger partial charge on any atom is 0.151 e. The molecule has 0 aliphatic carbocycles. The second kappa shape index (κ2) is 4.20. The van der Waals surface area contributed by atoms with Crippen molar-refractivity contribution in [3.63, 3.8) is 0 Å². The van der Waals surface area contributed by atoms with E-state index in [0.717, 1.165) is 18.9 Å². The van der Waals surface area contributed by atoms with Crippen LogP contribution in [0.2, 0.25) is 0 Å². The van der Waals surface area contributed by atoms with E-state index in [1.54, 1.807) is 12.3 Å². The molecule has 4 N–H and O–H groups in total. The number of aromatic nitrogens is 1. The topological polar surface area (TPSA) is 68.2 Å². The first-order valence-electron chi connectivity index (χ1n) is 5.82. The molecule has 2 heterocycles. The molecule has 1 aliphatic heterocycles. The van der Waals surface area contributed by atoms with E-state index in [4.69, 9.17) is 11.5 Å². The van der Waals surface area contributed by atoms with Crippen molar-refractivity contribution in [1.29, 1.82) is 0 Å². The average molecular weight is 220 g/mol. The highest BCUT2D eigenvalue weighted by Gasteiger charge is 2.23. The molecule has 88 valence electrons. The largest absolute Gasteiger partial charge is 0.397 e. The normalized spacial score (nSPS) is 25.8. The second-order valence-electron chi connectivity index (χ2n) is 5.03. The Morgan fingerprint density at radius 3 is 2.44 bits per heavy atom. The van der Waals surface area contributed by atoms with Gasteiger partial charge in [0.15, 0.2) is 5.82 Å². The Kier molecular flexibility index (Phi) is 2.90. The molecule has 0 saturated carbocycles. The van der Waals surface area contributed by atoms with E-state index in [1.807, 2.05) is 0 Å². The molecule has 0 radical (unpaired) electrons. The van der Waals surface area contributed by atoms with Crippen LogP contribution in [0.15, 0.2) is 12.3 Å². The van der Waals surface area contributed by atoms with Crippen LogP contribution in [-0.4, -0.2) is 18.1 Å². The van der Waals surface area contributed by atoms with Crippen molar-refractivity contribution >= 4 is 17.2 Å². The van der Waals surface area contributed by atoms with E-state index in [0.29, 0.717) is 23.2 Å². The zero-order valence-electron chi connectivity index (χ0n) is 9.98. The average Bonchev–Trinajstić information content (AvgIpc) is 2.15. The maximum absolute atomic E-state index is 5.96. The minimum absolute atomic E-state index is 0.624. The molecule has 1 aliphatic rings. The van der Waals surface area contributed by atoms with Crippen LogP contribution in [0.4, 0.5) is 17.2 Å². The number of pyridine rings is 1. The summed E-state index contributed by atoms with van der Waals surface area (Å²) in [5.41, 5.74) is 12.9. The molecule has 0 aromatic carbocycles. The SMILES string of the molecule is C[C@H]1C[C@H](C)CN(c2ncc(N)cc2N)C1. The molecule has 1 aromatic heterocycles. The molecule has 2 rings (SSSR count). The highest BCUT2D eigenvalue weighted by atomic mass is 15.2. The fourth-order valence-electron chi connectivity index (χ4n) is 2.59. The van der Waals surface area contributed by atoms with Gasteiger partial charge in [-0.3, -0.25) is 0 Å². The van der Waals surface area contributed by atoms with Gasteiger partial charge in [-0.15, -0.1) is 0 Å². The second-order valence-corrected chi connectivity index (χ2v) is 5.03. The maximum atomic E-state index is 5.96. The number of hydrogen-bond acceptors (Lipinski definition) is 4. The van der Waals surface area contributed by atoms with Gasteiger partial charge < -0.3 is 16.4 Å². The van der Waals surface area contributed by atoms with Crippen LogP contribution in [0.1, 0.15) is 20.3 Å². The summed E-state index contributed by atoms with van der Waals surface area (Å²) in [5, 5.41) is 0. The molecule has 0 unspecified atom stereocenters. The van der Waals surface area contributed by atoms with Crippen LogP contribution in [0.5, 0.6) is 0 Å². The molecule has 0 amide bonds. The van der Waals surface area contributed by atoms with Crippen molar-refractivity contribution in [1.82, 2.24) is 4.98 Å². The van der Waals surface area contributed by atoms with Crippen molar-refractivity contribution in [3.05, 3.63) is 12.3 Å².